The van der Waals surface area contributed by atoms with Crippen LogP contribution in [0.5, 0.6) is 5.75 Å². The first kappa shape index (κ1) is 9.55. The number of hydrogen-bond acceptors (Lipinski definition) is 4. The highest BCUT2D eigenvalue weighted by Crippen LogP contribution is 2.38. The molecule has 2 rings (SSSR count). The molecule has 4 heteroatoms. The van der Waals surface area contributed by atoms with E-state index in [1.54, 1.807) is 7.11 Å². The van der Waals surface area contributed by atoms with Gasteiger partial charge in [-0.3, -0.25) is 4.79 Å². The molecule has 0 N–H and O–H groups in total. The van der Waals surface area contributed by atoms with Crippen LogP contribution in [0.4, 0.5) is 0 Å². The largest absolute Gasteiger partial charge is 0.495 e. The van der Waals surface area contributed by atoms with Crippen molar-refractivity contribution in [3.63, 3.8) is 0 Å². The van der Waals surface area contributed by atoms with E-state index in [1.165, 1.54) is 11.3 Å². The first-order valence-corrected chi connectivity index (χ1v) is 5.28. The van der Waals surface area contributed by atoms with Gasteiger partial charge in [0, 0.05) is 10.3 Å². The van der Waals surface area contributed by atoms with Crippen molar-refractivity contribution in [3.05, 3.63) is 23.1 Å². The number of aldehydes is 1. The van der Waals surface area contributed by atoms with Crippen molar-refractivity contribution in [1.29, 1.82) is 0 Å². The molecule has 0 spiro atoms. The third kappa shape index (κ3) is 1.31. The van der Waals surface area contributed by atoms with E-state index in [9.17, 15) is 4.79 Å². The van der Waals surface area contributed by atoms with Crippen molar-refractivity contribution < 1.29 is 9.53 Å². The Balaban J connectivity index is 2.83. The number of methoxy groups -OCH3 is 1. The monoisotopic (exact) mass is 224 g/mol. The Labute approximate surface area is 90.9 Å². The van der Waals surface area contributed by atoms with Gasteiger partial charge >= 0.3 is 0 Å². The number of fused-ring (bicyclic) bond motifs is 1. The van der Waals surface area contributed by atoms with Gasteiger partial charge in [-0.15, -0.1) is 24.0 Å². The summed E-state index contributed by atoms with van der Waals surface area (Å²) in [6.07, 6.45) is 0.826. The molecule has 1 aromatic heterocycles. The first-order valence-electron chi connectivity index (χ1n) is 4.01. The molecule has 0 radical (unpaired) electrons. The summed E-state index contributed by atoms with van der Waals surface area (Å²) in [5.41, 5.74) is 0. The predicted molar refractivity (Wildman–Crippen MR) is 61.0 cm³/mol. The lowest BCUT2D eigenvalue weighted by molar-refractivity contribution is 0.112. The summed E-state index contributed by atoms with van der Waals surface area (Å²) in [6.45, 7) is 0. The number of rotatable bonds is 2. The Morgan fingerprint density at radius 1 is 1.50 bits per heavy atom. The topological polar surface area (TPSA) is 26.3 Å². The number of hydrogen-bond donors (Lipinski definition) is 1. The van der Waals surface area contributed by atoms with Crippen LogP contribution in [-0.4, -0.2) is 13.4 Å². The van der Waals surface area contributed by atoms with Crippen molar-refractivity contribution >= 4 is 40.3 Å². The fraction of sp³-hybridized carbons (Fsp3) is 0.100. The van der Waals surface area contributed by atoms with Gasteiger partial charge < -0.3 is 4.74 Å². The Morgan fingerprint density at radius 3 is 2.93 bits per heavy atom. The summed E-state index contributed by atoms with van der Waals surface area (Å²) in [7, 11) is 1.62. The van der Waals surface area contributed by atoms with E-state index in [-0.39, 0.29) is 0 Å². The summed E-state index contributed by atoms with van der Waals surface area (Å²) in [4.78, 5) is 12.1. The molecule has 0 amide bonds. The summed E-state index contributed by atoms with van der Waals surface area (Å²) in [5.74, 6) is 0.788. The summed E-state index contributed by atoms with van der Waals surface area (Å²) in [6, 6.07) is 5.70. The zero-order chi connectivity index (χ0) is 10.1. The van der Waals surface area contributed by atoms with Crippen LogP contribution in [0.1, 0.15) is 9.67 Å². The maximum atomic E-state index is 10.7. The molecule has 72 valence electrons. The Morgan fingerprint density at radius 2 is 2.29 bits per heavy atom. The molecule has 2 nitrogen and oxygen atoms in total. The number of benzene rings is 1. The lowest BCUT2D eigenvalue weighted by atomic mass is 10.2. The van der Waals surface area contributed by atoms with Crippen molar-refractivity contribution in [3.8, 4) is 5.75 Å². The number of thiol groups is 1. The highest BCUT2D eigenvalue weighted by molar-refractivity contribution is 7.81. The maximum absolute atomic E-state index is 10.7. The van der Waals surface area contributed by atoms with E-state index >= 15 is 0 Å². The van der Waals surface area contributed by atoms with Crippen molar-refractivity contribution in [1.82, 2.24) is 0 Å². The van der Waals surface area contributed by atoms with Gasteiger partial charge in [0.25, 0.3) is 0 Å². The fourth-order valence-corrected chi connectivity index (χ4v) is 2.80. The first-order chi connectivity index (χ1) is 6.77. The second-order valence-corrected chi connectivity index (χ2v) is 4.27. The molecule has 0 bridgehead atoms. The second-order valence-electron chi connectivity index (χ2n) is 2.77. The van der Waals surface area contributed by atoms with E-state index in [2.05, 4.69) is 12.6 Å². The summed E-state index contributed by atoms with van der Waals surface area (Å²) < 4.78 is 6.17. The van der Waals surface area contributed by atoms with Crippen LogP contribution in [0.2, 0.25) is 0 Å². The molecular weight excluding hydrogens is 216 g/mol. The molecule has 0 aliphatic heterocycles. The van der Waals surface area contributed by atoms with E-state index < -0.39 is 0 Å². The fourth-order valence-electron chi connectivity index (χ4n) is 1.34. The Kier molecular flexibility index (Phi) is 2.48. The SMILES string of the molecule is COc1cccc2c(S)c(C=O)sc12. The van der Waals surface area contributed by atoms with Crippen molar-refractivity contribution in [2.75, 3.05) is 7.11 Å². The normalized spacial score (nSPS) is 10.4. The molecule has 0 aliphatic carbocycles. The number of ether oxygens (including phenoxy) is 1. The molecule has 0 atom stereocenters. The molecule has 0 fully saturated rings. The van der Waals surface area contributed by atoms with Gasteiger partial charge in [0.1, 0.15) is 5.75 Å². The van der Waals surface area contributed by atoms with E-state index in [1.807, 2.05) is 18.2 Å². The average Bonchev–Trinajstić information content (AvgIpc) is 2.55. The second kappa shape index (κ2) is 3.63. The van der Waals surface area contributed by atoms with Gasteiger partial charge in [-0.05, 0) is 6.07 Å². The average molecular weight is 224 g/mol. The number of carbonyl (C=O) groups excluding carboxylic acids is 1. The van der Waals surface area contributed by atoms with E-state index in [0.29, 0.717) is 4.88 Å². The van der Waals surface area contributed by atoms with Crippen LogP contribution in [-0.2, 0) is 0 Å². The van der Waals surface area contributed by atoms with Gasteiger partial charge in [-0.1, -0.05) is 12.1 Å². The molecule has 14 heavy (non-hydrogen) atoms. The van der Waals surface area contributed by atoms with Crippen LogP contribution in [0.3, 0.4) is 0 Å². The highest BCUT2D eigenvalue weighted by Gasteiger charge is 2.11. The number of thiophene rings is 1. The minimum atomic E-state index is 0.646. The lowest BCUT2D eigenvalue weighted by Gasteiger charge is -1.99. The van der Waals surface area contributed by atoms with Crippen LogP contribution in [0.25, 0.3) is 10.1 Å². The van der Waals surface area contributed by atoms with Crippen LogP contribution in [0, 0.1) is 0 Å². The smallest absolute Gasteiger partial charge is 0.161 e. The maximum Gasteiger partial charge on any atom is 0.161 e. The van der Waals surface area contributed by atoms with Crippen molar-refractivity contribution in [2.24, 2.45) is 0 Å². The zero-order valence-corrected chi connectivity index (χ0v) is 9.19. The summed E-state index contributed by atoms with van der Waals surface area (Å²) >= 11 is 5.71. The van der Waals surface area contributed by atoms with Gasteiger partial charge in [0.15, 0.2) is 6.29 Å². The Hall–Kier alpha value is -1.00. The van der Waals surface area contributed by atoms with E-state index in [0.717, 1.165) is 27.0 Å². The van der Waals surface area contributed by atoms with Crippen LogP contribution >= 0.6 is 24.0 Å². The van der Waals surface area contributed by atoms with Gasteiger partial charge in [-0.2, -0.15) is 0 Å². The molecule has 1 aromatic carbocycles. The molecule has 1 heterocycles. The molecule has 0 aliphatic rings. The summed E-state index contributed by atoms with van der Waals surface area (Å²) in [5, 5.41) is 0.972. The molecule has 0 saturated carbocycles. The van der Waals surface area contributed by atoms with Gasteiger partial charge in [0.05, 0.1) is 16.7 Å². The van der Waals surface area contributed by atoms with Crippen LogP contribution in [0.15, 0.2) is 23.1 Å². The zero-order valence-electron chi connectivity index (χ0n) is 7.48. The Bertz CT molecular complexity index is 488. The van der Waals surface area contributed by atoms with Gasteiger partial charge in [-0.25, -0.2) is 0 Å². The third-order valence-electron chi connectivity index (χ3n) is 2.01. The quantitative estimate of drug-likeness (QED) is 0.627. The lowest BCUT2D eigenvalue weighted by Crippen LogP contribution is -1.80. The van der Waals surface area contributed by atoms with E-state index in [4.69, 9.17) is 4.74 Å². The molecule has 2 aromatic rings. The standard InChI is InChI=1S/C10H8O2S2/c1-12-7-4-2-3-6-9(13)8(5-11)14-10(6)7/h2-5,13H,1H3. The highest BCUT2D eigenvalue weighted by atomic mass is 32.1. The third-order valence-corrected chi connectivity index (χ3v) is 3.78. The predicted octanol–water partition coefficient (Wildman–Crippen LogP) is 3.01. The molecule has 0 unspecified atom stereocenters. The van der Waals surface area contributed by atoms with Crippen molar-refractivity contribution in [2.45, 2.75) is 4.90 Å². The van der Waals surface area contributed by atoms with Crippen LogP contribution < -0.4 is 4.74 Å². The minimum Gasteiger partial charge on any atom is -0.495 e. The molecule has 0 saturated heterocycles. The van der Waals surface area contributed by atoms with Gasteiger partial charge in [0.2, 0.25) is 0 Å². The number of carbonyl (C=O) groups is 1. The minimum absolute atomic E-state index is 0.646. The molecular formula is C10H8O2S2.